The minimum absolute atomic E-state index is 0.0125. The number of hydrogen-bond donors (Lipinski definition) is 2. The van der Waals surface area contributed by atoms with Gasteiger partial charge in [0, 0.05) is 23.2 Å². The van der Waals surface area contributed by atoms with E-state index >= 15 is 0 Å². The van der Waals surface area contributed by atoms with Crippen LogP contribution in [0.5, 0.6) is 0 Å². The van der Waals surface area contributed by atoms with Crippen molar-refractivity contribution in [2.75, 3.05) is 5.73 Å². The number of hydrogen-bond acceptors (Lipinski definition) is 4. The smallest absolute Gasteiger partial charge is 0.271 e. The Labute approximate surface area is 83.0 Å². The molecule has 0 saturated heterocycles. The van der Waals surface area contributed by atoms with Crippen LogP contribution < -0.4 is 11.5 Å². The quantitative estimate of drug-likeness (QED) is 0.468. The Balaban J connectivity index is 3.30. The summed E-state index contributed by atoms with van der Waals surface area (Å²) in [7, 11) is 0. The predicted octanol–water partition coefficient (Wildman–Crippen LogP) is 1.40. The molecule has 0 saturated carbocycles. The van der Waals surface area contributed by atoms with Crippen molar-refractivity contribution in [3.8, 4) is 0 Å². The second kappa shape index (κ2) is 3.71. The fourth-order valence-corrected chi connectivity index (χ4v) is 1.42. The molecular weight excluding hydrogens is 238 g/mol. The van der Waals surface area contributed by atoms with Crippen LogP contribution in [0.2, 0.25) is 0 Å². The summed E-state index contributed by atoms with van der Waals surface area (Å²) in [5, 5.41) is 10.4. The first-order valence-electron chi connectivity index (χ1n) is 3.48. The van der Waals surface area contributed by atoms with Crippen molar-refractivity contribution in [2.24, 2.45) is 5.73 Å². The van der Waals surface area contributed by atoms with Crippen LogP contribution in [-0.2, 0) is 6.54 Å². The molecule has 6 heteroatoms. The van der Waals surface area contributed by atoms with Gasteiger partial charge in [-0.15, -0.1) is 0 Å². The molecule has 4 N–H and O–H groups in total. The summed E-state index contributed by atoms with van der Waals surface area (Å²) in [5.74, 6) is 0. The fourth-order valence-electron chi connectivity index (χ4n) is 0.933. The van der Waals surface area contributed by atoms with E-state index in [1.54, 1.807) is 0 Å². The molecule has 0 fully saturated rings. The van der Waals surface area contributed by atoms with Gasteiger partial charge in [0.15, 0.2) is 0 Å². The normalized spacial score (nSPS) is 10.0. The van der Waals surface area contributed by atoms with Crippen LogP contribution in [0.3, 0.4) is 0 Å². The average Bonchev–Trinajstić information content (AvgIpc) is 2.09. The maximum absolute atomic E-state index is 10.4. The summed E-state index contributed by atoms with van der Waals surface area (Å²) in [6.07, 6.45) is 0. The number of nitrogens with zero attached hydrogens (tertiary/aromatic N) is 1. The summed E-state index contributed by atoms with van der Waals surface area (Å²) >= 11 is 3.12. The summed E-state index contributed by atoms with van der Waals surface area (Å²) in [4.78, 5) is 9.95. The predicted molar refractivity (Wildman–Crippen MR) is 53.1 cm³/mol. The summed E-state index contributed by atoms with van der Waals surface area (Å²) in [6.45, 7) is 0.187. The van der Waals surface area contributed by atoms with Crippen LogP contribution in [0.15, 0.2) is 16.6 Å². The molecule has 1 aromatic carbocycles. The van der Waals surface area contributed by atoms with E-state index in [-0.39, 0.29) is 12.2 Å². The molecule has 0 aliphatic heterocycles. The number of non-ortho nitro benzene ring substituents is 1. The zero-order valence-electron chi connectivity index (χ0n) is 6.66. The zero-order valence-corrected chi connectivity index (χ0v) is 8.24. The van der Waals surface area contributed by atoms with Crippen LogP contribution >= 0.6 is 15.9 Å². The maximum Gasteiger partial charge on any atom is 0.271 e. The molecule has 0 radical (unpaired) electrons. The molecule has 0 aromatic heterocycles. The molecule has 0 spiro atoms. The average molecular weight is 246 g/mol. The highest BCUT2D eigenvalue weighted by atomic mass is 79.9. The molecule has 0 aliphatic carbocycles. The van der Waals surface area contributed by atoms with Gasteiger partial charge in [0.2, 0.25) is 0 Å². The molecule has 1 aromatic rings. The molecule has 1 rings (SSSR count). The Hall–Kier alpha value is -1.14. The second-order valence-electron chi connectivity index (χ2n) is 2.46. The van der Waals surface area contributed by atoms with Gasteiger partial charge in [-0.1, -0.05) is 0 Å². The highest BCUT2D eigenvalue weighted by Gasteiger charge is 2.11. The van der Waals surface area contributed by atoms with E-state index in [1.807, 2.05) is 0 Å². The van der Waals surface area contributed by atoms with E-state index in [4.69, 9.17) is 11.5 Å². The third-order valence-corrected chi connectivity index (χ3v) is 2.29. The molecule has 5 nitrogen and oxygen atoms in total. The molecule has 0 unspecified atom stereocenters. The van der Waals surface area contributed by atoms with E-state index < -0.39 is 4.92 Å². The number of benzene rings is 1. The lowest BCUT2D eigenvalue weighted by Gasteiger charge is -2.04. The molecular formula is C7H8BrN3O2. The van der Waals surface area contributed by atoms with Gasteiger partial charge >= 0.3 is 0 Å². The molecule has 0 heterocycles. The first-order chi connectivity index (χ1) is 6.06. The Morgan fingerprint density at radius 2 is 2.15 bits per heavy atom. The largest absolute Gasteiger partial charge is 0.398 e. The van der Waals surface area contributed by atoms with Crippen molar-refractivity contribution in [1.29, 1.82) is 0 Å². The van der Waals surface area contributed by atoms with E-state index in [0.717, 1.165) is 0 Å². The molecule has 0 bridgehead atoms. The third kappa shape index (κ3) is 1.96. The minimum atomic E-state index is -0.483. The van der Waals surface area contributed by atoms with Crippen molar-refractivity contribution >= 4 is 27.3 Å². The number of anilines is 1. The van der Waals surface area contributed by atoms with Gasteiger partial charge in [-0.3, -0.25) is 10.1 Å². The number of nitro groups is 1. The SMILES string of the molecule is NCc1cc([N+](=O)[O-])cc(Br)c1N. The lowest BCUT2D eigenvalue weighted by molar-refractivity contribution is -0.385. The van der Waals surface area contributed by atoms with Gasteiger partial charge in [0.25, 0.3) is 5.69 Å². The second-order valence-corrected chi connectivity index (χ2v) is 3.32. The maximum atomic E-state index is 10.4. The van der Waals surface area contributed by atoms with Gasteiger partial charge in [-0.2, -0.15) is 0 Å². The molecule has 13 heavy (non-hydrogen) atoms. The highest BCUT2D eigenvalue weighted by molar-refractivity contribution is 9.10. The standard InChI is InChI=1S/C7H8BrN3O2/c8-6-2-5(11(12)13)1-4(3-9)7(6)10/h1-2H,3,9-10H2. The van der Waals surface area contributed by atoms with E-state index in [9.17, 15) is 10.1 Å². The van der Waals surface area contributed by atoms with Crippen molar-refractivity contribution in [3.05, 3.63) is 32.3 Å². The Morgan fingerprint density at radius 1 is 1.54 bits per heavy atom. The van der Waals surface area contributed by atoms with Crippen LogP contribution in [0.25, 0.3) is 0 Å². The van der Waals surface area contributed by atoms with Crippen LogP contribution in [0.4, 0.5) is 11.4 Å². The van der Waals surface area contributed by atoms with Gasteiger partial charge < -0.3 is 11.5 Å². The summed E-state index contributed by atoms with van der Waals surface area (Å²) in [5.41, 5.74) is 12.0. The van der Waals surface area contributed by atoms with E-state index in [0.29, 0.717) is 15.7 Å². The van der Waals surface area contributed by atoms with Gasteiger partial charge in [0.1, 0.15) is 0 Å². The summed E-state index contributed by atoms with van der Waals surface area (Å²) < 4.78 is 0.502. The summed E-state index contributed by atoms with van der Waals surface area (Å²) in [6, 6.07) is 2.73. The lowest BCUT2D eigenvalue weighted by atomic mass is 10.1. The van der Waals surface area contributed by atoms with Crippen LogP contribution in [0.1, 0.15) is 5.56 Å². The van der Waals surface area contributed by atoms with Crippen LogP contribution in [-0.4, -0.2) is 4.92 Å². The minimum Gasteiger partial charge on any atom is -0.398 e. The van der Waals surface area contributed by atoms with Crippen molar-refractivity contribution in [1.82, 2.24) is 0 Å². The Bertz CT molecular complexity index is 354. The van der Waals surface area contributed by atoms with Gasteiger partial charge in [-0.05, 0) is 21.5 Å². The number of nitro benzene ring substituents is 1. The first-order valence-corrected chi connectivity index (χ1v) is 4.28. The number of halogens is 1. The van der Waals surface area contributed by atoms with Crippen LogP contribution in [0, 0.1) is 10.1 Å². The zero-order chi connectivity index (χ0) is 10.0. The van der Waals surface area contributed by atoms with Gasteiger partial charge in [-0.25, -0.2) is 0 Å². The molecule has 0 atom stereocenters. The van der Waals surface area contributed by atoms with Crippen molar-refractivity contribution in [2.45, 2.75) is 6.54 Å². The third-order valence-electron chi connectivity index (χ3n) is 1.63. The lowest BCUT2D eigenvalue weighted by Crippen LogP contribution is -2.03. The number of rotatable bonds is 2. The van der Waals surface area contributed by atoms with E-state index in [1.165, 1.54) is 12.1 Å². The highest BCUT2D eigenvalue weighted by Crippen LogP contribution is 2.28. The molecule has 70 valence electrons. The number of nitrogens with two attached hydrogens (primary N) is 2. The molecule has 0 amide bonds. The fraction of sp³-hybridized carbons (Fsp3) is 0.143. The van der Waals surface area contributed by atoms with E-state index in [2.05, 4.69) is 15.9 Å². The monoisotopic (exact) mass is 245 g/mol. The van der Waals surface area contributed by atoms with Crippen molar-refractivity contribution in [3.63, 3.8) is 0 Å². The van der Waals surface area contributed by atoms with Gasteiger partial charge in [0.05, 0.1) is 10.6 Å². The molecule has 0 aliphatic rings. The topological polar surface area (TPSA) is 95.2 Å². The Kier molecular flexibility index (Phi) is 2.84. The number of nitrogen functional groups attached to an aromatic ring is 1. The Morgan fingerprint density at radius 3 is 2.62 bits per heavy atom. The first kappa shape index (κ1) is 9.94. The van der Waals surface area contributed by atoms with Crippen molar-refractivity contribution < 1.29 is 4.92 Å².